The van der Waals surface area contributed by atoms with Gasteiger partial charge in [0.15, 0.2) is 0 Å². The Morgan fingerprint density at radius 2 is 2.29 bits per heavy atom. The summed E-state index contributed by atoms with van der Waals surface area (Å²) < 4.78 is 6.17. The number of aliphatic hydroxyl groups excluding tert-OH is 1. The molecule has 92 valence electrons. The highest BCUT2D eigenvalue weighted by molar-refractivity contribution is 7.16. The summed E-state index contributed by atoms with van der Waals surface area (Å²) in [6, 6.07) is 7.52. The monoisotopic (exact) mass is 271 g/mol. The van der Waals surface area contributed by atoms with Crippen molar-refractivity contribution in [1.29, 1.82) is 0 Å². The number of hydrogen-bond donors (Lipinski definition) is 2. The van der Waals surface area contributed by atoms with Crippen LogP contribution in [0.1, 0.15) is 23.6 Å². The third-order valence-corrected chi connectivity index (χ3v) is 3.73. The molecule has 0 aliphatic carbocycles. The van der Waals surface area contributed by atoms with E-state index in [0.717, 1.165) is 15.0 Å². The van der Waals surface area contributed by atoms with Crippen molar-refractivity contribution in [3.8, 4) is 0 Å². The minimum atomic E-state index is -0.0651. The molecular weight excluding hydrogens is 258 g/mol. The third kappa shape index (κ3) is 3.10. The maximum atomic E-state index is 9.12. The van der Waals surface area contributed by atoms with Gasteiger partial charge < -0.3 is 9.52 Å². The van der Waals surface area contributed by atoms with Crippen LogP contribution in [-0.2, 0) is 0 Å². The standard InChI is InChI=1S/C12H14ClNO2S/c1-8(7-15)14-12(9-3-2-6-16-9)10-4-5-11(13)17-10/h2-6,8,12,14-15H,7H2,1H3. The molecule has 17 heavy (non-hydrogen) atoms. The van der Waals surface area contributed by atoms with Crippen molar-refractivity contribution in [3.63, 3.8) is 0 Å². The van der Waals surface area contributed by atoms with E-state index in [-0.39, 0.29) is 18.7 Å². The molecule has 0 aromatic carbocycles. The van der Waals surface area contributed by atoms with E-state index in [1.54, 1.807) is 6.26 Å². The molecular formula is C12H14ClNO2S. The molecule has 0 aliphatic rings. The van der Waals surface area contributed by atoms with Gasteiger partial charge >= 0.3 is 0 Å². The first kappa shape index (κ1) is 12.6. The lowest BCUT2D eigenvalue weighted by Crippen LogP contribution is -2.33. The Bertz CT molecular complexity index is 455. The van der Waals surface area contributed by atoms with Gasteiger partial charge in [0.1, 0.15) is 11.8 Å². The fourth-order valence-electron chi connectivity index (χ4n) is 1.58. The maximum Gasteiger partial charge on any atom is 0.126 e. The first-order chi connectivity index (χ1) is 8.20. The van der Waals surface area contributed by atoms with Gasteiger partial charge in [-0.3, -0.25) is 5.32 Å². The number of halogens is 1. The van der Waals surface area contributed by atoms with Gasteiger partial charge in [-0.05, 0) is 31.2 Å². The minimum Gasteiger partial charge on any atom is -0.467 e. The van der Waals surface area contributed by atoms with Crippen molar-refractivity contribution in [2.75, 3.05) is 6.61 Å². The summed E-state index contributed by atoms with van der Waals surface area (Å²) in [4.78, 5) is 1.07. The van der Waals surface area contributed by atoms with Crippen molar-refractivity contribution >= 4 is 22.9 Å². The number of furan rings is 1. The van der Waals surface area contributed by atoms with Crippen LogP contribution in [0.3, 0.4) is 0 Å². The van der Waals surface area contributed by atoms with E-state index < -0.39 is 0 Å². The van der Waals surface area contributed by atoms with Crippen LogP contribution in [-0.4, -0.2) is 17.8 Å². The first-order valence-corrected chi connectivity index (χ1v) is 6.55. The minimum absolute atomic E-state index is 0.00836. The summed E-state index contributed by atoms with van der Waals surface area (Å²) >= 11 is 7.45. The molecule has 3 nitrogen and oxygen atoms in total. The van der Waals surface area contributed by atoms with E-state index in [0.29, 0.717) is 0 Å². The maximum absolute atomic E-state index is 9.12. The second kappa shape index (κ2) is 5.69. The summed E-state index contributed by atoms with van der Waals surface area (Å²) in [5.74, 6) is 0.823. The fraction of sp³-hybridized carbons (Fsp3) is 0.333. The fourth-order valence-corrected chi connectivity index (χ4v) is 2.71. The molecule has 2 aromatic heterocycles. The van der Waals surface area contributed by atoms with Crippen LogP contribution in [0.5, 0.6) is 0 Å². The van der Waals surface area contributed by atoms with Crippen molar-refractivity contribution in [3.05, 3.63) is 45.5 Å². The third-order valence-electron chi connectivity index (χ3n) is 2.43. The Kier molecular flexibility index (Phi) is 4.23. The van der Waals surface area contributed by atoms with Crippen LogP contribution in [0.25, 0.3) is 0 Å². The zero-order valence-corrected chi connectivity index (χ0v) is 11.0. The molecule has 0 spiro atoms. The van der Waals surface area contributed by atoms with Crippen molar-refractivity contribution in [1.82, 2.24) is 5.32 Å². The van der Waals surface area contributed by atoms with Crippen LogP contribution >= 0.6 is 22.9 Å². The molecule has 0 fully saturated rings. The van der Waals surface area contributed by atoms with Crippen LogP contribution in [0.2, 0.25) is 4.34 Å². The van der Waals surface area contributed by atoms with Gasteiger partial charge in [0, 0.05) is 10.9 Å². The van der Waals surface area contributed by atoms with Gasteiger partial charge in [-0.1, -0.05) is 11.6 Å². The molecule has 0 amide bonds. The van der Waals surface area contributed by atoms with Crippen molar-refractivity contribution in [2.45, 2.75) is 19.0 Å². The number of aliphatic hydroxyl groups is 1. The van der Waals surface area contributed by atoms with Crippen LogP contribution < -0.4 is 5.32 Å². The van der Waals surface area contributed by atoms with Gasteiger partial charge in [-0.25, -0.2) is 0 Å². The number of nitrogens with one attached hydrogen (secondary N) is 1. The second-order valence-electron chi connectivity index (χ2n) is 3.84. The smallest absolute Gasteiger partial charge is 0.126 e. The number of hydrogen-bond acceptors (Lipinski definition) is 4. The Balaban J connectivity index is 2.24. The normalized spacial score (nSPS) is 14.8. The summed E-state index contributed by atoms with van der Waals surface area (Å²) in [5, 5.41) is 12.4. The summed E-state index contributed by atoms with van der Waals surface area (Å²) in [7, 11) is 0. The SMILES string of the molecule is CC(CO)NC(c1ccco1)c1ccc(Cl)s1. The highest BCUT2D eigenvalue weighted by Gasteiger charge is 2.20. The van der Waals surface area contributed by atoms with E-state index in [2.05, 4.69) is 5.32 Å². The molecule has 2 atom stereocenters. The van der Waals surface area contributed by atoms with Gasteiger partial charge in [0.2, 0.25) is 0 Å². The van der Waals surface area contributed by atoms with Crippen LogP contribution in [0.15, 0.2) is 34.9 Å². The molecule has 2 unspecified atom stereocenters. The van der Waals surface area contributed by atoms with Gasteiger partial charge in [-0.15, -0.1) is 11.3 Å². The zero-order valence-electron chi connectivity index (χ0n) is 9.39. The lowest BCUT2D eigenvalue weighted by molar-refractivity contribution is 0.242. The van der Waals surface area contributed by atoms with E-state index >= 15 is 0 Å². The van der Waals surface area contributed by atoms with Crippen molar-refractivity contribution < 1.29 is 9.52 Å². The van der Waals surface area contributed by atoms with Crippen molar-refractivity contribution in [2.24, 2.45) is 0 Å². The van der Waals surface area contributed by atoms with E-state index in [4.69, 9.17) is 21.1 Å². The largest absolute Gasteiger partial charge is 0.467 e. The average Bonchev–Trinajstić information content (AvgIpc) is 2.96. The molecule has 0 aliphatic heterocycles. The Morgan fingerprint density at radius 3 is 2.82 bits per heavy atom. The summed E-state index contributed by atoms with van der Waals surface area (Å²) in [6.07, 6.45) is 1.64. The van der Waals surface area contributed by atoms with E-state index in [1.165, 1.54) is 11.3 Å². The first-order valence-electron chi connectivity index (χ1n) is 5.36. The summed E-state index contributed by atoms with van der Waals surface area (Å²) in [5.41, 5.74) is 0. The quantitative estimate of drug-likeness (QED) is 0.879. The zero-order chi connectivity index (χ0) is 12.3. The Morgan fingerprint density at radius 1 is 1.47 bits per heavy atom. The Hall–Kier alpha value is -0.810. The predicted octanol–water partition coefficient (Wildman–Crippen LogP) is 3.05. The van der Waals surface area contributed by atoms with Gasteiger partial charge in [0.05, 0.1) is 17.2 Å². The second-order valence-corrected chi connectivity index (χ2v) is 5.59. The molecule has 2 heterocycles. The Labute approximate surface area is 109 Å². The molecule has 0 bridgehead atoms. The highest BCUT2D eigenvalue weighted by atomic mass is 35.5. The van der Waals surface area contributed by atoms with E-state index in [9.17, 15) is 0 Å². The molecule has 0 radical (unpaired) electrons. The van der Waals surface area contributed by atoms with Crippen LogP contribution in [0.4, 0.5) is 0 Å². The molecule has 2 aromatic rings. The lowest BCUT2D eigenvalue weighted by Gasteiger charge is -2.19. The number of rotatable bonds is 5. The summed E-state index contributed by atoms with van der Waals surface area (Å²) in [6.45, 7) is 2.00. The number of thiophene rings is 1. The average molecular weight is 272 g/mol. The molecule has 0 saturated carbocycles. The van der Waals surface area contributed by atoms with Gasteiger partial charge in [0.25, 0.3) is 0 Å². The molecule has 2 rings (SSSR count). The van der Waals surface area contributed by atoms with Crippen LogP contribution in [0, 0.1) is 0 Å². The van der Waals surface area contributed by atoms with Gasteiger partial charge in [-0.2, -0.15) is 0 Å². The molecule has 0 saturated heterocycles. The molecule has 2 N–H and O–H groups in total. The molecule has 5 heteroatoms. The predicted molar refractivity (Wildman–Crippen MR) is 69.6 cm³/mol. The van der Waals surface area contributed by atoms with E-state index in [1.807, 2.05) is 31.2 Å². The lowest BCUT2D eigenvalue weighted by atomic mass is 10.1. The topological polar surface area (TPSA) is 45.4 Å². The highest BCUT2D eigenvalue weighted by Crippen LogP contribution is 2.31.